The molecule has 1 N–H and O–H groups in total. The van der Waals surface area contributed by atoms with Crippen molar-refractivity contribution in [2.45, 2.75) is 18.8 Å². The van der Waals surface area contributed by atoms with E-state index in [9.17, 15) is 9.18 Å². The van der Waals surface area contributed by atoms with Crippen molar-refractivity contribution in [3.05, 3.63) is 58.4 Å². The molecule has 24 heavy (non-hydrogen) atoms. The maximum absolute atomic E-state index is 13.0. The van der Waals surface area contributed by atoms with Crippen LogP contribution in [0.3, 0.4) is 0 Å². The fourth-order valence-electron chi connectivity index (χ4n) is 3.18. The third kappa shape index (κ3) is 2.69. The number of hydrogen-bond donors (Lipinski definition) is 1. The number of benzene rings is 1. The highest BCUT2D eigenvalue weighted by atomic mass is 19.1. The van der Waals surface area contributed by atoms with Crippen LogP contribution in [0.2, 0.25) is 0 Å². The molecule has 0 radical (unpaired) electrons. The summed E-state index contributed by atoms with van der Waals surface area (Å²) in [6.45, 7) is 1.43. The number of H-pyrrole nitrogens is 1. The molecule has 3 aromatic rings. The molecule has 0 saturated carbocycles. The van der Waals surface area contributed by atoms with Gasteiger partial charge in [0.1, 0.15) is 5.82 Å². The normalized spacial score (nSPS) is 15.7. The minimum atomic E-state index is -0.386. The van der Waals surface area contributed by atoms with Crippen LogP contribution >= 0.6 is 0 Å². The van der Waals surface area contributed by atoms with Gasteiger partial charge in [0.15, 0.2) is 0 Å². The zero-order valence-electron chi connectivity index (χ0n) is 13.0. The molecule has 1 aromatic carbocycles. The SMILES string of the molecule is O=c1[nH]nc(C2CCOCC2)c2ccc(-c3ccc(F)cn3)cc12. The van der Waals surface area contributed by atoms with Crippen LogP contribution in [-0.2, 0) is 4.74 Å². The van der Waals surface area contributed by atoms with Crippen molar-refractivity contribution < 1.29 is 9.13 Å². The van der Waals surface area contributed by atoms with Gasteiger partial charge in [0.05, 0.1) is 23.0 Å². The van der Waals surface area contributed by atoms with Gasteiger partial charge < -0.3 is 4.74 Å². The second kappa shape index (κ2) is 6.13. The predicted molar refractivity (Wildman–Crippen MR) is 88.3 cm³/mol. The highest BCUT2D eigenvalue weighted by Crippen LogP contribution is 2.31. The van der Waals surface area contributed by atoms with Crippen LogP contribution in [0.5, 0.6) is 0 Å². The quantitative estimate of drug-likeness (QED) is 0.786. The summed E-state index contributed by atoms with van der Waals surface area (Å²) in [5, 5.41) is 8.32. The number of pyridine rings is 1. The molecule has 0 atom stereocenters. The lowest BCUT2D eigenvalue weighted by Gasteiger charge is -2.22. The minimum absolute atomic E-state index is 0.232. The summed E-state index contributed by atoms with van der Waals surface area (Å²) in [5.74, 6) is -0.101. The van der Waals surface area contributed by atoms with E-state index in [1.165, 1.54) is 12.3 Å². The molecular formula is C18H16FN3O2. The topological polar surface area (TPSA) is 67.9 Å². The van der Waals surface area contributed by atoms with E-state index >= 15 is 0 Å². The van der Waals surface area contributed by atoms with E-state index < -0.39 is 0 Å². The molecule has 0 spiro atoms. The maximum Gasteiger partial charge on any atom is 0.272 e. The molecule has 0 unspecified atom stereocenters. The third-order valence-corrected chi connectivity index (χ3v) is 4.45. The van der Waals surface area contributed by atoms with E-state index in [-0.39, 0.29) is 17.3 Å². The van der Waals surface area contributed by atoms with Crippen molar-refractivity contribution in [3.8, 4) is 11.3 Å². The fourth-order valence-corrected chi connectivity index (χ4v) is 3.18. The Morgan fingerprint density at radius 3 is 2.71 bits per heavy atom. The molecule has 122 valence electrons. The molecule has 0 amide bonds. The summed E-state index contributed by atoms with van der Waals surface area (Å²) in [6.07, 6.45) is 2.97. The summed E-state index contributed by atoms with van der Waals surface area (Å²) < 4.78 is 18.4. The first-order valence-corrected chi connectivity index (χ1v) is 7.94. The lowest BCUT2D eigenvalue weighted by atomic mass is 9.92. The van der Waals surface area contributed by atoms with Gasteiger partial charge in [0.2, 0.25) is 0 Å². The van der Waals surface area contributed by atoms with Gasteiger partial charge in [0, 0.05) is 30.1 Å². The highest BCUT2D eigenvalue weighted by Gasteiger charge is 2.20. The Labute approximate surface area is 137 Å². The van der Waals surface area contributed by atoms with Crippen LogP contribution in [-0.4, -0.2) is 28.4 Å². The van der Waals surface area contributed by atoms with Gasteiger partial charge in [-0.2, -0.15) is 5.10 Å². The van der Waals surface area contributed by atoms with Crippen molar-refractivity contribution >= 4 is 10.8 Å². The van der Waals surface area contributed by atoms with E-state index in [2.05, 4.69) is 15.2 Å². The van der Waals surface area contributed by atoms with Crippen LogP contribution in [0.25, 0.3) is 22.0 Å². The van der Waals surface area contributed by atoms with Crippen molar-refractivity contribution in [1.82, 2.24) is 15.2 Å². The highest BCUT2D eigenvalue weighted by molar-refractivity contribution is 5.88. The molecule has 1 fully saturated rings. The van der Waals surface area contributed by atoms with Gasteiger partial charge >= 0.3 is 0 Å². The molecule has 0 bridgehead atoms. The van der Waals surface area contributed by atoms with E-state index in [1.807, 2.05) is 12.1 Å². The second-order valence-corrected chi connectivity index (χ2v) is 5.95. The number of aromatic nitrogens is 3. The second-order valence-electron chi connectivity index (χ2n) is 5.95. The maximum atomic E-state index is 13.0. The van der Waals surface area contributed by atoms with Crippen LogP contribution in [0.4, 0.5) is 4.39 Å². The van der Waals surface area contributed by atoms with Gasteiger partial charge in [-0.15, -0.1) is 0 Å². The first kappa shape index (κ1) is 15.0. The molecule has 3 heterocycles. The Balaban J connectivity index is 1.83. The van der Waals surface area contributed by atoms with E-state index in [0.29, 0.717) is 24.3 Å². The number of nitrogens with zero attached hydrogens (tertiary/aromatic N) is 2. The van der Waals surface area contributed by atoms with Crippen molar-refractivity contribution in [2.75, 3.05) is 13.2 Å². The average molecular weight is 325 g/mol. The first-order chi connectivity index (χ1) is 11.7. The molecule has 4 rings (SSSR count). The lowest BCUT2D eigenvalue weighted by molar-refractivity contribution is 0.0846. The molecule has 6 heteroatoms. The molecular weight excluding hydrogens is 309 g/mol. The number of aromatic amines is 1. The lowest BCUT2D eigenvalue weighted by Crippen LogP contribution is -2.19. The Morgan fingerprint density at radius 2 is 1.96 bits per heavy atom. The predicted octanol–water partition coefficient (Wildman–Crippen LogP) is 3.02. The van der Waals surface area contributed by atoms with Crippen LogP contribution in [0, 0.1) is 5.82 Å². The zero-order chi connectivity index (χ0) is 16.5. The molecule has 1 aliphatic heterocycles. The Bertz CT molecular complexity index is 931. The number of hydrogen-bond acceptors (Lipinski definition) is 4. The Hall–Kier alpha value is -2.60. The van der Waals surface area contributed by atoms with Crippen LogP contribution in [0.1, 0.15) is 24.5 Å². The van der Waals surface area contributed by atoms with E-state index in [1.54, 1.807) is 12.1 Å². The summed E-state index contributed by atoms with van der Waals surface area (Å²) in [5.41, 5.74) is 2.08. The largest absolute Gasteiger partial charge is 0.381 e. The Morgan fingerprint density at radius 1 is 1.12 bits per heavy atom. The summed E-state index contributed by atoms with van der Waals surface area (Å²) in [7, 11) is 0. The summed E-state index contributed by atoms with van der Waals surface area (Å²) in [4.78, 5) is 16.3. The van der Waals surface area contributed by atoms with Gasteiger partial charge in [-0.25, -0.2) is 9.49 Å². The monoisotopic (exact) mass is 325 g/mol. The summed E-state index contributed by atoms with van der Waals surface area (Å²) in [6, 6.07) is 8.55. The number of nitrogens with one attached hydrogen (secondary N) is 1. The smallest absolute Gasteiger partial charge is 0.272 e. The zero-order valence-corrected chi connectivity index (χ0v) is 13.0. The number of halogens is 1. The number of ether oxygens (including phenoxy) is 1. The van der Waals surface area contributed by atoms with Crippen molar-refractivity contribution in [2.24, 2.45) is 0 Å². The minimum Gasteiger partial charge on any atom is -0.381 e. The third-order valence-electron chi connectivity index (χ3n) is 4.45. The molecule has 2 aromatic heterocycles. The number of rotatable bonds is 2. The van der Waals surface area contributed by atoms with Gasteiger partial charge in [0.25, 0.3) is 5.56 Å². The van der Waals surface area contributed by atoms with Gasteiger partial charge in [-0.05, 0) is 31.0 Å². The molecule has 0 aliphatic carbocycles. The average Bonchev–Trinajstić information content (AvgIpc) is 2.63. The van der Waals surface area contributed by atoms with E-state index in [0.717, 1.165) is 29.5 Å². The van der Waals surface area contributed by atoms with Crippen molar-refractivity contribution in [1.29, 1.82) is 0 Å². The van der Waals surface area contributed by atoms with Gasteiger partial charge in [-0.3, -0.25) is 9.78 Å². The molecule has 5 nitrogen and oxygen atoms in total. The molecule has 1 saturated heterocycles. The van der Waals surface area contributed by atoms with Crippen LogP contribution < -0.4 is 5.56 Å². The summed E-state index contributed by atoms with van der Waals surface area (Å²) >= 11 is 0. The van der Waals surface area contributed by atoms with Gasteiger partial charge in [-0.1, -0.05) is 12.1 Å². The fraction of sp³-hybridized carbons (Fsp3) is 0.278. The van der Waals surface area contributed by atoms with Crippen molar-refractivity contribution in [3.63, 3.8) is 0 Å². The van der Waals surface area contributed by atoms with Crippen LogP contribution in [0.15, 0.2) is 41.3 Å². The first-order valence-electron chi connectivity index (χ1n) is 7.94. The standard InChI is InChI=1S/C18H16FN3O2/c19-13-2-4-16(20-10-13)12-1-3-14-15(9-12)18(23)22-21-17(14)11-5-7-24-8-6-11/h1-4,9-11H,5-8H2,(H,22,23). The van der Waals surface area contributed by atoms with E-state index in [4.69, 9.17) is 4.74 Å². The number of fused-ring (bicyclic) bond motifs is 1. The Kier molecular flexibility index (Phi) is 3.82. The molecule has 1 aliphatic rings.